The van der Waals surface area contributed by atoms with Crippen molar-refractivity contribution >= 4 is 0 Å². The number of nitrogens with zero attached hydrogens (tertiary/aromatic N) is 3. The van der Waals surface area contributed by atoms with Crippen LogP contribution in [0.4, 0.5) is 4.39 Å². The number of hydrogen-bond acceptors (Lipinski definition) is 5. The van der Waals surface area contributed by atoms with Gasteiger partial charge in [-0.3, -0.25) is 4.90 Å². The van der Waals surface area contributed by atoms with Crippen molar-refractivity contribution in [3.8, 4) is 22.7 Å². The summed E-state index contributed by atoms with van der Waals surface area (Å²) in [6, 6.07) is 14.2. The van der Waals surface area contributed by atoms with Crippen LogP contribution in [-0.4, -0.2) is 61.3 Å². The third kappa shape index (κ3) is 4.87. The molecule has 1 aliphatic rings. The number of hydrogen-bond donors (Lipinski definition) is 0. The molecule has 6 nitrogen and oxygen atoms in total. The second kappa shape index (κ2) is 9.38. The summed E-state index contributed by atoms with van der Waals surface area (Å²) in [6.45, 7) is 3.28. The molecule has 0 aliphatic carbocycles. The Bertz CT molecular complexity index is 968. The lowest BCUT2D eigenvalue weighted by molar-refractivity contribution is -0.0962. The third-order valence-corrected chi connectivity index (χ3v) is 5.07. The highest BCUT2D eigenvalue weighted by Crippen LogP contribution is 2.26. The Morgan fingerprint density at radius 1 is 1.20 bits per heavy atom. The predicted octanol–water partition coefficient (Wildman–Crippen LogP) is 3.53. The van der Waals surface area contributed by atoms with E-state index in [0.717, 1.165) is 34.8 Å². The second-order valence-electron chi connectivity index (χ2n) is 7.42. The van der Waals surface area contributed by atoms with Crippen LogP contribution in [0.15, 0.2) is 54.7 Å². The maximum atomic E-state index is 13.9. The third-order valence-electron chi connectivity index (χ3n) is 5.07. The number of ether oxygens (including phenoxy) is 3. The molecule has 0 amide bonds. The summed E-state index contributed by atoms with van der Waals surface area (Å²) in [6.07, 6.45) is 2.05. The van der Waals surface area contributed by atoms with Crippen LogP contribution >= 0.6 is 0 Å². The lowest BCUT2D eigenvalue weighted by atomic mass is 10.1. The smallest absolute Gasteiger partial charge is 0.123 e. The minimum Gasteiger partial charge on any atom is -0.497 e. The standard InChI is InChI=1S/C23H26FN3O3/c1-26(15-22-16-29-10-11-30-22)13-18-14-27(20-6-8-21(28-2)9-7-20)25-23(18)17-4-3-5-19(24)12-17/h3-9,12,14,22H,10-11,13,15-16H2,1-2H3/t22-/m1/s1. The Morgan fingerprint density at radius 3 is 2.73 bits per heavy atom. The van der Waals surface area contributed by atoms with Gasteiger partial charge in [0.25, 0.3) is 0 Å². The van der Waals surface area contributed by atoms with Crippen molar-refractivity contribution in [2.24, 2.45) is 0 Å². The van der Waals surface area contributed by atoms with Crippen LogP contribution < -0.4 is 4.74 Å². The van der Waals surface area contributed by atoms with Crippen molar-refractivity contribution in [3.63, 3.8) is 0 Å². The highest BCUT2D eigenvalue weighted by molar-refractivity contribution is 5.63. The zero-order valence-electron chi connectivity index (χ0n) is 17.3. The van der Waals surface area contributed by atoms with Gasteiger partial charge in [-0.25, -0.2) is 9.07 Å². The molecule has 0 radical (unpaired) electrons. The highest BCUT2D eigenvalue weighted by atomic mass is 19.1. The molecule has 2 heterocycles. The van der Waals surface area contributed by atoms with Crippen molar-refractivity contribution in [3.05, 3.63) is 66.1 Å². The maximum absolute atomic E-state index is 13.9. The van der Waals surface area contributed by atoms with Crippen LogP contribution in [0.2, 0.25) is 0 Å². The average Bonchev–Trinajstić information content (AvgIpc) is 3.18. The van der Waals surface area contributed by atoms with Crippen molar-refractivity contribution in [2.75, 3.05) is 40.5 Å². The fraction of sp³-hybridized carbons (Fsp3) is 0.348. The van der Waals surface area contributed by atoms with Gasteiger partial charge < -0.3 is 14.2 Å². The average molecular weight is 411 g/mol. The lowest BCUT2D eigenvalue weighted by Crippen LogP contribution is -2.38. The molecular weight excluding hydrogens is 385 g/mol. The summed E-state index contributed by atoms with van der Waals surface area (Å²) >= 11 is 0. The Kier molecular flexibility index (Phi) is 6.42. The van der Waals surface area contributed by atoms with Gasteiger partial charge in [0.2, 0.25) is 0 Å². The summed E-state index contributed by atoms with van der Waals surface area (Å²) in [5, 5.41) is 4.77. The molecule has 0 saturated carbocycles. The largest absolute Gasteiger partial charge is 0.497 e. The molecule has 0 bridgehead atoms. The van der Waals surface area contributed by atoms with E-state index in [1.54, 1.807) is 13.2 Å². The quantitative estimate of drug-likeness (QED) is 0.595. The Labute approximate surface area is 175 Å². The topological polar surface area (TPSA) is 48.8 Å². The van der Waals surface area contributed by atoms with E-state index in [9.17, 15) is 4.39 Å². The summed E-state index contributed by atoms with van der Waals surface area (Å²) < 4.78 is 32.2. The van der Waals surface area contributed by atoms with E-state index in [1.807, 2.05) is 48.3 Å². The van der Waals surface area contributed by atoms with E-state index in [2.05, 4.69) is 4.90 Å². The summed E-state index contributed by atoms with van der Waals surface area (Å²) in [5.74, 6) is 0.504. The number of halogens is 1. The molecule has 0 N–H and O–H groups in total. The maximum Gasteiger partial charge on any atom is 0.123 e. The predicted molar refractivity (Wildman–Crippen MR) is 112 cm³/mol. The van der Waals surface area contributed by atoms with Gasteiger partial charge in [0.05, 0.1) is 44.4 Å². The fourth-order valence-corrected chi connectivity index (χ4v) is 3.62. The number of methoxy groups -OCH3 is 1. The van der Waals surface area contributed by atoms with Crippen LogP contribution in [0.25, 0.3) is 16.9 Å². The molecular formula is C23H26FN3O3. The number of aromatic nitrogens is 2. The van der Waals surface area contributed by atoms with Gasteiger partial charge in [-0.15, -0.1) is 0 Å². The van der Waals surface area contributed by atoms with Crippen molar-refractivity contribution in [1.82, 2.24) is 14.7 Å². The normalized spacial score (nSPS) is 16.7. The van der Waals surface area contributed by atoms with E-state index < -0.39 is 0 Å². The van der Waals surface area contributed by atoms with Gasteiger partial charge in [0.1, 0.15) is 11.6 Å². The molecule has 1 saturated heterocycles. The zero-order chi connectivity index (χ0) is 20.9. The van der Waals surface area contributed by atoms with Crippen molar-refractivity contribution in [2.45, 2.75) is 12.6 Å². The molecule has 1 atom stereocenters. The first kappa shape index (κ1) is 20.5. The number of benzene rings is 2. The SMILES string of the molecule is COc1ccc(-n2cc(CN(C)C[C@@H]3COCCO3)c(-c3cccc(F)c3)n2)cc1. The molecule has 3 aromatic rings. The summed E-state index contributed by atoms with van der Waals surface area (Å²) in [5.41, 5.74) is 3.43. The molecule has 4 rings (SSSR count). The minimum absolute atomic E-state index is 0.0537. The molecule has 158 valence electrons. The summed E-state index contributed by atoms with van der Waals surface area (Å²) in [7, 11) is 3.68. The van der Waals surface area contributed by atoms with Crippen molar-refractivity contribution in [1.29, 1.82) is 0 Å². The monoisotopic (exact) mass is 411 g/mol. The van der Waals surface area contributed by atoms with Gasteiger partial charge in [-0.1, -0.05) is 12.1 Å². The van der Waals surface area contributed by atoms with Crippen LogP contribution in [0.1, 0.15) is 5.56 Å². The molecule has 2 aromatic carbocycles. The van der Waals surface area contributed by atoms with E-state index in [1.165, 1.54) is 12.1 Å². The molecule has 0 unspecified atom stereocenters. The molecule has 1 aromatic heterocycles. The fourth-order valence-electron chi connectivity index (χ4n) is 3.62. The Morgan fingerprint density at radius 2 is 2.03 bits per heavy atom. The van der Waals surface area contributed by atoms with Gasteiger partial charge in [-0.2, -0.15) is 5.10 Å². The first-order valence-corrected chi connectivity index (χ1v) is 9.99. The first-order chi connectivity index (χ1) is 14.6. The molecule has 1 aliphatic heterocycles. The van der Waals surface area contributed by atoms with Gasteiger partial charge in [0.15, 0.2) is 0 Å². The van der Waals surface area contributed by atoms with Crippen molar-refractivity contribution < 1.29 is 18.6 Å². The van der Waals surface area contributed by atoms with Crippen LogP contribution in [0.5, 0.6) is 5.75 Å². The molecule has 30 heavy (non-hydrogen) atoms. The van der Waals surface area contributed by atoms with Crippen LogP contribution in [-0.2, 0) is 16.0 Å². The Balaban J connectivity index is 1.61. The van der Waals surface area contributed by atoms with Crippen LogP contribution in [0, 0.1) is 5.82 Å². The highest BCUT2D eigenvalue weighted by Gasteiger charge is 2.19. The summed E-state index contributed by atoms with van der Waals surface area (Å²) in [4.78, 5) is 2.18. The van der Waals surface area contributed by atoms with Crippen LogP contribution in [0.3, 0.4) is 0 Å². The minimum atomic E-state index is -0.279. The van der Waals surface area contributed by atoms with E-state index in [4.69, 9.17) is 19.3 Å². The zero-order valence-corrected chi connectivity index (χ0v) is 17.3. The molecule has 1 fully saturated rings. The molecule has 0 spiro atoms. The second-order valence-corrected chi connectivity index (χ2v) is 7.42. The van der Waals surface area contributed by atoms with Gasteiger partial charge in [-0.05, 0) is 43.4 Å². The number of likely N-dealkylation sites (N-methyl/N-ethyl adjacent to an activating group) is 1. The van der Waals surface area contributed by atoms with E-state index >= 15 is 0 Å². The van der Waals surface area contributed by atoms with E-state index in [0.29, 0.717) is 26.4 Å². The van der Waals surface area contributed by atoms with Gasteiger partial charge >= 0.3 is 0 Å². The first-order valence-electron chi connectivity index (χ1n) is 9.99. The number of rotatable bonds is 7. The lowest BCUT2D eigenvalue weighted by Gasteiger charge is -2.27. The van der Waals surface area contributed by atoms with Gasteiger partial charge in [0, 0.05) is 30.4 Å². The Hall–Kier alpha value is -2.74. The molecule has 7 heteroatoms. The van der Waals surface area contributed by atoms with E-state index in [-0.39, 0.29) is 11.9 Å².